The Balaban J connectivity index is 1.93. The molecule has 0 spiro atoms. The van der Waals surface area contributed by atoms with Crippen LogP contribution in [0.5, 0.6) is 0 Å². The fraction of sp³-hybridized carbons (Fsp3) is 0.800. The highest BCUT2D eigenvalue weighted by atomic mass is 16.5. The SMILES string of the molecule is COC(=O)CC[C@@H](C)[C@H]1CC(=O)[C@@]2(C)C3=C(C(=O)[C@@H](OC(C)=O)[C@]12C)[C@@]1(C)CC[C@H](O)C(C)(C)[C@@H]1C[C@@H]3O. The Morgan fingerprint density at radius 1 is 1.11 bits per heavy atom. The molecule has 2 saturated carbocycles. The molecule has 0 unspecified atom stereocenters. The maximum atomic E-state index is 14.6. The van der Waals surface area contributed by atoms with Gasteiger partial charge >= 0.3 is 11.9 Å². The predicted octanol–water partition coefficient (Wildman–Crippen LogP) is 3.56. The zero-order chi connectivity index (χ0) is 28.6. The van der Waals surface area contributed by atoms with Crippen LogP contribution in [0.2, 0.25) is 0 Å². The van der Waals surface area contributed by atoms with Gasteiger partial charge in [0.15, 0.2) is 6.10 Å². The fourth-order valence-corrected chi connectivity index (χ4v) is 9.08. The molecule has 0 aromatic heterocycles. The molecule has 0 aliphatic heterocycles. The average molecular weight is 533 g/mol. The van der Waals surface area contributed by atoms with Crippen LogP contribution in [0.4, 0.5) is 0 Å². The average Bonchev–Trinajstić information content (AvgIpc) is 3.05. The van der Waals surface area contributed by atoms with Crippen LogP contribution in [-0.4, -0.2) is 59.1 Å². The van der Waals surface area contributed by atoms with Gasteiger partial charge in [-0.2, -0.15) is 0 Å². The second kappa shape index (κ2) is 9.26. The van der Waals surface area contributed by atoms with Gasteiger partial charge in [-0.15, -0.1) is 0 Å². The summed E-state index contributed by atoms with van der Waals surface area (Å²) in [5.41, 5.74) is -2.68. The molecule has 0 heterocycles. The number of ether oxygens (including phenoxy) is 2. The third-order valence-corrected chi connectivity index (χ3v) is 11.5. The maximum Gasteiger partial charge on any atom is 0.305 e. The van der Waals surface area contributed by atoms with Crippen LogP contribution in [0, 0.1) is 39.4 Å². The number of carbonyl (C=O) groups is 4. The minimum absolute atomic E-state index is 0.0803. The summed E-state index contributed by atoms with van der Waals surface area (Å²) in [4.78, 5) is 53.0. The summed E-state index contributed by atoms with van der Waals surface area (Å²) in [6, 6.07) is 0. The number of hydrogen-bond donors (Lipinski definition) is 2. The Labute approximate surface area is 225 Å². The zero-order valence-electron chi connectivity index (χ0n) is 24.1. The number of aliphatic hydroxyl groups is 2. The normalized spacial score (nSPS) is 42.6. The van der Waals surface area contributed by atoms with Crippen LogP contribution in [-0.2, 0) is 28.7 Å². The molecule has 2 fully saturated rings. The van der Waals surface area contributed by atoms with Crippen molar-refractivity contribution in [2.24, 2.45) is 39.4 Å². The third kappa shape index (κ3) is 3.69. The molecule has 0 saturated heterocycles. The van der Waals surface area contributed by atoms with Gasteiger partial charge in [-0.1, -0.05) is 34.6 Å². The van der Waals surface area contributed by atoms with E-state index in [9.17, 15) is 29.4 Å². The number of ketones is 2. The third-order valence-electron chi connectivity index (χ3n) is 11.5. The highest BCUT2D eigenvalue weighted by molar-refractivity contribution is 6.08. The molecule has 0 bridgehead atoms. The number of carbonyl (C=O) groups excluding carboxylic acids is 4. The minimum Gasteiger partial charge on any atom is -0.469 e. The summed E-state index contributed by atoms with van der Waals surface area (Å²) in [5.74, 6) is -2.07. The van der Waals surface area contributed by atoms with Gasteiger partial charge in [0.25, 0.3) is 0 Å². The highest BCUT2D eigenvalue weighted by Gasteiger charge is 2.74. The van der Waals surface area contributed by atoms with Crippen molar-refractivity contribution in [3.63, 3.8) is 0 Å². The summed E-state index contributed by atoms with van der Waals surface area (Å²) in [6.07, 6.45) is -0.648. The summed E-state index contributed by atoms with van der Waals surface area (Å²) in [5, 5.41) is 22.6. The van der Waals surface area contributed by atoms with E-state index < -0.39 is 45.9 Å². The Bertz CT molecular complexity index is 1090. The fourth-order valence-electron chi connectivity index (χ4n) is 9.08. The number of rotatable bonds is 5. The summed E-state index contributed by atoms with van der Waals surface area (Å²) >= 11 is 0. The van der Waals surface area contributed by atoms with E-state index in [0.29, 0.717) is 36.8 Å². The molecule has 9 atom stereocenters. The molecule has 4 rings (SSSR count). The number of methoxy groups -OCH3 is 1. The molecule has 4 aliphatic carbocycles. The number of aliphatic hydroxyl groups excluding tert-OH is 2. The first kappa shape index (κ1) is 28.9. The van der Waals surface area contributed by atoms with Crippen LogP contribution in [0.3, 0.4) is 0 Å². The van der Waals surface area contributed by atoms with Crippen molar-refractivity contribution in [2.75, 3.05) is 7.11 Å². The standard InChI is InChI=1S/C30H44O8/c1-15(9-10-22(35)37-8)17-13-21(34)30(7)23-18(32)14-19-27(3,4)20(33)11-12-28(19,5)24(23)25(36)26(29(17,30)6)38-16(2)31/h15,17-20,26,32-33H,9-14H2,1-8H3/t15-,17-,18+,19+,20+,26-,28+,29+,30+/m1/s1. The first-order valence-electron chi connectivity index (χ1n) is 13.9. The van der Waals surface area contributed by atoms with E-state index in [4.69, 9.17) is 9.47 Å². The molecule has 0 radical (unpaired) electrons. The number of fused-ring (bicyclic) bond motifs is 4. The maximum absolute atomic E-state index is 14.6. The van der Waals surface area contributed by atoms with Crippen LogP contribution in [0.15, 0.2) is 11.1 Å². The van der Waals surface area contributed by atoms with Crippen molar-refractivity contribution < 1.29 is 38.9 Å². The monoisotopic (exact) mass is 532 g/mol. The molecule has 2 N–H and O–H groups in total. The molecular formula is C30H44O8. The summed E-state index contributed by atoms with van der Waals surface area (Å²) in [6.45, 7) is 12.8. The molecule has 38 heavy (non-hydrogen) atoms. The van der Waals surface area contributed by atoms with Gasteiger partial charge < -0.3 is 19.7 Å². The van der Waals surface area contributed by atoms with Gasteiger partial charge in [-0.3, -0.25) is 19.2 Å². The quantitative estimate of drug-likeness (QED) is 0.515. The first-order valence-corrected chi connectivity index (χ1v) is 13.9. The lowest BCUT2D eigenvalue weighted by molar-refractivity contribution is -0.178. The Kier molecular flexibility index (Phi) is 7.05. The van der Waals surface area contributed by atoms with Crippen molar-refractivity contribution in [2.45, 2.75) is 105 Å². The van der Waals surface area contributed by atoms with Crippen molar-refractivity contribution in [1.82, 2.24) is 0 Å². The number of Topliss-reactive ketones (excluding diaryl/α,β-unsaturated/α-hetero) is 2. The van der Waals surface area contributed by atoms with Crippen molar-refractivity contribution in [3.8, 4) is 0 Å². The van der Waals surface area contributed by atoms with E-state index in [1.54, 1.807) is 0 Å². The molecule has 0 aromatic carbocycles. The van der Waals surface area contributed by atoms with Crippen molar-refractivity contribution in [3.05, 3.63) is 11.1 Å². The largest absolute Gasteiger partial charge is 0.469 e. The van der Waals surface area contributed by atoms with E-state index in [0.717, 1.165) is 0 Å². The van der Waals surface area contributed by atoms with Gasteiger partial charge in [-0.05, 0) is 66.8 Å². The van der Waals surface area contributed by atoms with E-state index in [2.05, 4.69) is 0 Å². The summed E-state index contributed by atoms with van der Waals surface area (Å²) < 4.78 is 10.7. The zero-order valence-corrected chi connectivity index (χ0v) is 24.1. The van der Waals surface area contributed by atoms with Gasteiger partial charge in [-0.25, -0.2) is 0 Å². The lowest BCUT2D eigenvalue weighted by Crippen LogP contribution is -2.65. The second-order valence-corrected chi connectivity index (χ2v) is 13.5. The van der Waals surface area contributed by atoms with E-state index >= 15 is 0 Å². The van der Waals surface area contributed by atoms with Gasteiger partial charge in [0.1, 0.15) is 5.78 Å². The number of hydrogen-bond acceptors (Lipinski definition) is 8. The molecule has 0 aromatic rings. The van der Waals surface area contributed by atoms with Crippen LogP contribution in [0.25, 0.3) is 0 Å². The predicted molar refractivity (Wildman–Crippen MR) is 139 cm³/mol. The van der Waals surface area contributed by atoms with E-state index in [1.165, 1.54) is 14.0 Å². The van der Waals surface area contributed by atoms with Gasteiger partial charge in [0.05, 0.1) is 24.7 Å². The Morgan fingerprint density at radius 3 is 2.32 bits per heavy atom. The Morgan fingerprint density at radius 2 is 1.74 bits per heavy atom. The first-order chi connectivity index (χ1) is 17.5. The van der Waals surface area contributed by atoms with E-state index in [1.807, 2.05) is 41.5 Å². The van der Waals surface area contributed by atoms with Gasteiger partial charge in [0.2, 0.25) is 5.78 Å². The van der Waals surface area contributed by atoms with Crippen LogP contribution >= 0.6 is 0 Å². The van der Waals surface area contributed by atoms with E-state index in [-0.39, 0.29) is 48.1 Å². The smallest absolute Gasteiger partial charge is 0.305 e. The molecule has 0 amide bonds. The molecule has 8 nitrogen and oxygen atoms in total. The summed E-state index contributed by atoms with van der Waals surface area (Å²) in [7, 11) is 1.33. The van der Waals surface area contributed by atoms with Crippen LogP contribution in [0.1, 0.15) is 87.0 Å². The molecule has 8 heteroatoms. The molecule has 212 valence electrons. The van der Waals surface area contributed by atoms with Crippen LogP contribution < -0.4 is 0 Å². The second-order valence-electron chi connectivity index (χ2n) is 13.5. The molecule has 4 aliphatic rings. The highest BCUT2D eigenvalue weighted by Crippen LogP contribution is 2.71. The Hall–Kier alpha value is -2.06. The van der Waals surface area contributed by atoms with Crippen molar-refractivity contribution >= 4 is 23.5 Å². The lowest BCUT2D eigenvalue weighted by atomic mass is 9.42. The van der Waals surface area contributed by atoms with Crippen molar-refractivity contribution in [1.29, 1.82) is 0 Å². The topological polar surface area (TPSA) is 127 Å². The number of esters is 2. The minimum atomic E-state index is -1.23. The molecular weight excluding hydrogens is 488 g/mol. The lowest BCUT2D eigenvalue weighted by Gasteiger charge is -2.62. The van der Waals surface area contributed by atoms with Gasteiger partial charge in [0, 0.05) is 30.8 Å².